The van der Waals surface area contributed by atoms with Gasteiger partial charge in [0.2, 0.25) is 5.60 Å². The van der Waals surface area contributed by atoms with Gasteiger partial charge in [-0.2, -0.15) is 4.89 Å². The van der Waals surface area contributed by atoms with E-state index in [0.29, 0.717) is 0 Å². The van der Waals surface area contributed by atoms with Crippen LogP contribution < -0.4 is 0 Å². The molecule has 3 heteroatoms. The van der Waals surface area contributed by atoms with Crippen LogP contribution in [0, 0.1) is 0 Å². The highest BCUT2D eigenvalue weighted by atomic mass is 17.3. The van der Waals surface area contributed by atoms with E-state index in [4.69, 9.17) is 0 Å². The summed E-state index contributed by atoms with van der Waals surface area (Å²) in [4.78, 5) is 18.6. The van der Waals surface area contributed by atoms with Gasteiger partial charge in [-0.05, 0) is 13.8 Å². The molecule has 3 nitrogen and oxygen atoms in total. The maximum Gasteiger partial charge on any atom is 0.377 e. The first-order chi connectivity index (χ1) is 3.13. The summed E-state index contributed by atoms with van der Waals surface area (Å²) in [5, 5.41) is 0. The number of hydrogen-bond donors (Lipinski definition) is 0. The fraction of sp³-hybridized carbons (Fsp3) is 0.750. The van der Waals surface area contributed by atoms with Crippen molar-refractivity contribution in [2.75, 3.05) is 0 Å². The van der Waals surface area contributed by atoms with Gasteiger partial charge in [0, 0.05) is 0 Å². The van der Waals surface area contributed by atoms with Crippen LogP contribution in [0.1, 0.15) is 13.8 Å². The van der Waals surface area contributed by atoms with Crippen LogP contribution in [0.5, 0.6) is 0 Å². The molecule has 1 aliphatic rings. The Bertz CT molecular complexity index is 106. The van der Waals surface area contributed by atoms with Crippen molar-refractivity contribution in [1.29, 1.82) is 0 Å². The molecule has 40 valence electrons. The van der Waals surface area contributed by atoms with Gasteiger partial charge in [-0.25, -0.2) is 4.79 Å². The summed E-state index contributed by atoms with van der Waals surface area (Å²) in [6.45, 7) is 3.30. The van der Waals surface area contributed by atoms with Crippen molar-refractivity contribution in [2.24, 2.45) is 0 Å². The first-order valence-electron chi connectivity index (χ1n) is 2.03. The normalized spacial score (nSPS) is 25.7. The van der Waals surface area contributed by atoms with Crippen LogP contribution in [0.2, 0.25) is 0 Å². The van der Waals surface area contributed by atoms with Crippen molar-refractivity contribution >= 4 is 5.97 Å². The quantitative estimate of drug-likeness (QED) is 0.411. The second-order valence-electron chi connectivity index (χ2n) is 1.96. The number of carbonyl (C=O) groups is 1. The monoisotopic (exact) mass is 102 g/mol. The number of carbonyl (C=O) groups excluding carboxylic acids is 1. The van der Waals surface area contributed by atoms with Gasteiger partial charge >= 0.3 is 5.97 Å². The van der Waals surface area contributed by atoms with Crippen molar-refractivity contribution in [3.05, 3.63) is 0 Å². The molecule has 0 amide bonds. The van der Waals surface area contributed by atoms with Gasteiger partial charge in [0.05, 0.1) is 0 Å². The molecule has 1 aliphatic heterocycles. The molecule has 1 fully saturated rings. The van der Waals surface area contributed by atoms with Gasteiger partial charge < -0.3 is 0 Å². The minimum Gasteiger partial charge on any atom is -0.294 e. The van der Waals surface area contributed by atoms with E-state index in [0.717, 1.165) is 0 Å². The van der Waals surface area contributed by atoms with E-state index in [1.165, 1.54) is 0 Å². The lowest BCUT2D eigenvalue weighted by Gasteiger charge is -2.28. The van der Waals surface area contributed by atoms with Crippen molar-refractivity contribution < 1.29 is 14.6 Å². The van der Waals surface area contributed by atoms with E-state index < -0.39 is 5.60 Å². The lowest BCUT2D eigenvalue weighted by Crippen LogP contribution is -2.47. The summed E-state index contributed by atoms with van der Waals surface area (Å²) in [5.41, 5.74) is -0.681. The predicted molar refractivity (Wildman–Crippen MR) is 21.3 cm³/mol. The Labute approximate surface area is 41.1 Å². The Hall–Kier alpha value is -0.570. The third-order valence-corrected chi connectivity index (χ3v) is 0.817. The molecule has 1 rings (SSSR count). The zero-order valence-corrected chi connectivity index (χ0v) is 4.22. The molecule has 0 radical (unpaired) electrons. The van der Waals surface area contributed by atoms with Crippen LogP contribution in [0.4, 0.5) is 0 Å². The summed E-state index contributed by atoms with van der Waals surface area (Å²) in [7, 11) is 0. The van der Waals surface area contributed by atoms with Crippen molar-refractivity contribution in [3.8, 4) is 0 Å². The van der Waals surface area contributed by atoms with Crippen molar-refractivity contribution in [1.82, 2.24) is 0 Å². The molecule has 0 aromatic rings. The Balaban J connectivity index is 2.59. The molecule has 0 bridgehead atoms. The fourth-order valence-electron chi connectivity index (χ4n) is 0.242. The van der Waals surface area contributed by atoms with E-state index in [9.17, 15) is 4.79 Å². The first kappa shape index (κ1) is 4.59. The lowest BCUT2D eigenvalue weighted by atomic mass is 10.1. The van der Waals surface area contributed by atoms with Crippen LogP contribution in [0.3, 0.4) is 0 Å². The highest BCUT2D eigenvalue weighted by molar-refractivity contribution is 5.80. The average Bonchev–Trinajstić information content (AvgIpc) is 1.63. The molecule has 0 saturated carbocycles. The van der Waals surface area contributed by atoms with Crippen LogP contribution in [-0.4, -0.2) is 11.6 Å². The van der Waals surface area contributed by atoms with E-state index in [2.05, 4.69) is 9.78 Å². The maximum atomic E-state index is 10.2. The fourth-order valence-corrected chi connectivity index (χ4v) is 0.242. The molecule has 0 unspecified atom stereocenters. The molecule has 0 aromatic heterocycles. The van der Waals surface area contributed by atoms with Crippen LogP contribution in [0.25, 0.3) is 0 Å². The molecule has 0 aromatic carbocycles. The van der Waals surface area contributed by atoms with Crippen LogP contribution >= 0.6 is 0 Å². The highest BCUT2D eigenvalue weighted by Gasteiger charge is 2.43. The van der Waals surface area contributed by atoms with Gasteiger partial charge in [0.1, 0.15) is 0 Å². The Kier molecular flexibility index (Phi) is 0.642. The summed E-state index contributed by atoms with van der Waals surface area (Å²) in [5.74, 6) is -0.299. The summed E-state index contributed by atoms with van der Waals surface area (Å²) >= 11 is 0. The van der Waals surface area contributed by atoms with Crippen LogP contribution in [-0.2, 0) is 14.6 Å². The Morgan fingerprint density at radius 2 is 2.00 bits per heavy atom. The molecule has 0 N–H and O–H groups in total. The molecule has 1 saturated heterocycles. The second kappa shape index (κ2) is 0.980. The van der Waals surface area contributed by atoms with E-state index in [-0.39, 0.29) is 5.97 Å². The van der Waals surface area contributed by atoms with Gasteiger partial charge in [0.25, 0.3) is 0 Å². The van der Waals surface area contributed by atoms with Crippen LogP contribution in [0.15, 0.2) is 0 Å². The van der Waals surface area contributed by atoms with Gasteiger partial charge in [0.15, 0.2) is 0 Å². The van der Waals surface area contributed by atoms with E-state index in [1.807, 2.05) is 0 Å². The summed E-state index contributed by atoms with van der Waals surface area (Å²) in [6.07, 6.45) is 0. The maximum absolute atomic E-state index is 10.2. The third-order valence-electron chi connectivity index (χ3n) is 0.817. The number of rotatable bonds is 0. The van der Waals surface area contributed by atoms with Crippen molar-refractivity contribution in [3.63, 3.8) is 0 Å². The molecule has 0 atom stereocenters. The minimum absolute atomic E-state index is 0.299. The van der Waals surface area contributed by atoms with Gasteiger partial charge in [-0.1, -0.05) is 0 Å². The molecule has 0 spiro atoms. The molecular weight excluding hydrogens is 96.0 g/mol. The van der Waals surface area contributed by atoms with Crippen molar-refractivity contribution in [2.45, 2.75) is 19.4 Å². The minimum atomic E-state index is -0.681. The summed E-state index contributed by atoms with van der Waals surface area (Å²) < 4.78 is 0. The standard InChI is InChI=1S/C4H6O3/c1-4(2)3(5)6-7-4/h1-2H3. The largest absolute Gasteiger partial charge is 0.377 e. The van der Waals surface area contributed by atoms with E-state index >= 15 is 0 Å². The zero-order chi connectivity index (χ0) is 5.49. The SMILES string of the molecule is CC1(C)OOC1=O. The molecule has 7 heavy (non-hydrogen) atoms. The van der Waals surface area contributed by atoms with Gasteiger partial charge in [-0.3, -0.25) is 4.89 Å². The zero-order valence-electron chi connectivity index (χ0n) is 4.22. The van der Waals surface area contributed by atoms with Gasteiger partial charge in [-0.15, -0.1) is 0 Å². The highest BCUT2D eigenvalue weighted by Crippen LogP contribution is 2.21. The summed E-state index contributed by atoms with van der Waals surface area (Å²) in [6, 6.07) is 0. The molecular formula is C4H6O3. The predicted octanol–water partition coefficient (Wildman–Crippen LogP) is 0.253. The first-order valence-corrected chi connectivity index (χ1v) is 2.03. The lowest BCUT2D eigenvalue weighted by molar-refractivity contribution is -0.392. The Morgan fingerprint density at radius 1 is 1.57 bits per heavy atom. The second-order valence-corrected chi connectivity index (χ2v) is 1.96. The third kappa shape index (κ3) is 0.489. The molecule has 1 heterocycles. The Morgan fingerprint density at radius 3 is 2.00 bits per heavy atom. The topological polar surface area (TPSA) is 35.5 Å². The average molecular weight is 102 g/mol. The number of hydrogen-bond acceptors (Lipinski definition) is 3. The van der Waals surface area contributed by atoms with E-state index in [1.54, 1.807) is 13.8 Å². The smallest absolute Gasteiger partial charge is 0.294 e. The molecule has 0 aliphatic carbocycles.